The van der Waals surface area contributed by atoms with Crippen LogP contribution in [0.2, 0.25) is 0 Å². The molecule has 0 heterocycles. The highest BCUT2D eigenvalue weighted by Crippen LogP contribution is 2.28. The van der Waals surface area contributed by atoms with E-state index in [-0.39, 0.29) is 5.78 Å². The maximum Gasteiger partial charge on any atom is 0.193 e. The van der Waals surface area contributed by atoms with Gasteiger partial charge in [-0.3, -0.25) is 4.79 Å². The minimum atomic E-state index is -1.08. The van der Waals surface area contributed by atoms with Gasteiger partial charge >= 0.3 is 0 Å². The van der Waals surface area contributed by atoms with Crippen molar-refractivity contribution in [2.24, 2.45) is 0 Å². The van der Waals surface area contributed by atoms with Crippen LogP contribution in [0.4, 0.5) is 0 Å². The van der Waals surface area contributed by atoms with Gasteiger partial charge in [-0.15, -0.1) is 0 Å². The standard InChI is InChI=1S/C17H18O.C16H18OS.C16H18O.C16H18.C14H16/c1-11-5-7-15(9-13(11)3)17(18)16-8-6-12(2)14(4)10-16;1-11-5-7-15(9-13(11)3)18(17)16-8-6-12(2)14(4)10-16;1-11-5-7-15(9-13(11)3)17-16-8-6-12(2)14(4)10-16;1-11-5-7-15(9-13(11)3)16-8-6-12(2)14(4)10-16;1-9-5-13-7-11(3)12(4)8-14(13)6-10(9)2/h2*5-10H,1-4H3;5-10H,1-4H3;5-10H,1-4H3;5-8H,1-4H3. The predicted octanol–water partition coefficient (Wildman–Crippen LogP) is 21.6. The van der Waals surface area contributed by atoms with Crippen molar-refractivity contribution < 1.29 is 13.7 Å². The van der Waals surface area contributed by atoms with Gasteiger partial charge in [0.1, 0.15) is 11.5 Å². The molecular formula is C79H88O3S. The molecule has 0 radical (unpaired) electrons. The van der Waals surface area contributed by atoms with E-state index < -0.39 is 10.8 Å². The molecule has 3 nitrogen and oxygen atoms in total. The maximum atomic E-state index is 12.5. The molecule has 0 unspecified atom stereocenters. The number of carbonyl (C=O) groups excluding carboxylic acids is 1. The molecule has 0 bridgehead atoms. The zero-order valence-electron chi connectivity index (χ0n) is 53.3. The van der Waals surface area contributed by atoms with Gasteiger partial charge in [-0.1, -0.05) is 109 Å². The molecule has 0 atom stereocenters. The Labute approximate surface area is 501 Å². The minimum absolute atomic E-state index is 0.0983. The predicted molar refractivity (Wildman–Crippen MR) is 357 cm³/mol. The molecule has 0 aliphatic carbocycles. The summed E-state index contributed by atoms with van der Waals surface area (Å²) in [5.41, 5.74) is 29.7. The Bertz CT molecular complexity index is 3580. The van der Waals surface area contributed by atoms with E-state index in [9.17, 15) is 9.00 Å². The van der Waals surface area contributed by atoms with E-state index in [0.29, 0.717) is 0 Å². The van der Waals surface area contributed by atoms with Crippen LogP contribution in [0.1, 0.15) is 127 Å². The number of carbonyl (C=O) groups is 1. The second-order valence-corrected chi connectivity index (χ2v) is 24.6. The van der Waals surface area contributed by atoms with Gasteiger partial charge in [-0.25, -0.2) is 4.21 Å². The number of hydrogen-bond donors (Lipinski definition) is 0. The number of benzene rings is 10. The van der Waals surface area contributed by atoms with E-state index in [1.54, 1.807) is 0 Å². The van der Waals surface area contributed by atoms with Gasteiger partial charge in [0.05, 0.1) is 10.8 Å². The van der Waals surface area contributed by atoms with Crippen molar-refractivity contribution in [3.05, 3.63) is 292 Å². The molecule has 0 fully saturated rings. The number of hydrogen-bond acceptors (Lipinski definition) is 3. The molecule has 0 aliphatic heterocycles. The second-order valence-electron chi connectivity index (χ2n) is 23.1. The molecule has 10 aromatic rings. The van der Waals surface area contributed by atoms with Gasteiger partial charge < -0.3 is 4.74 Å². The molecule has 0 aliphatic rings. The fourth-order valence-corrected chi connectivity index (χ4v) is 10.3. The third-order valence-electron chi connectivity index (χ3n) is 16.5. The van der Waals surface area contributed by atoms with Crippen molar-refractivity contribution >= 4 is 27.4 Å². The average molecular weight is 1120 g/mol. The third kappa shape index (κ3) is 17.6. The quantitative estimate of drug-likeness (QED) is 0.149. The van der Waals surface area contributed by atoms with Crippen LogP contribution in [0.5, 0.6) is 11.5 Å². The summed E-state index contributed by atoms with van der Waals surface area (Å²) >= 11 is 0. The SMILES string of the molecule is Cc1cc2cc(C)c(C)cc2cc1C.Cc1ccc(-c2ccc(C)c(C)c2)cc1C.Cc1ccc(C(=O)c2ccc(C)c(C)c2)cc1C.Cc1ccc(Oc2ccc(C)c(C)c2)cc1C.Cc1ccc(S(=O)c2ccc(C)c(C)c2)cc1C. The van der Waals surface area contributed by atoms with Gasteiger partial charge in [0, 0.05) is 20.9 Å². The fourth-order valence-electron chi connectivity index (χ4n) is 9.06. The first-order valence-electron chi connectivity index (χ1n) is 28.9. The van der Waals surface area contributed by atoms with Gasteiger partial charge in [0.25, 0.3) is 0 Å². The molecule has 0 aromatic heterocycles. The molecule has 0 amide bonds. The average Bonchev–Trinajstić information content (AvgIpc) is 3.56. The topological polar surface area (TPSA) is 43.4 Å². The van der Waals surface area contributed by atoms with E-state index in [4.69, 9.17) is 4.74 Å². The van der Waals surface area contributed by atoms with E-state index in [0.717, 1.165) is 43.5 Å². The molecule has 0 saturated heterocycles. The molecule has 10 rings (SSSR count). The summed E-state index contributed by atoms with van der Waals surface area (Å²) in [4.78, 5) is 14.1. The summed E-state index contributed by atoms with van der Waals surface area (Å²) in [6.45, 7) is 42.2. The minimum Gasteiger partial charge on any atom is -0.457 e. The van der Waals surface area contributed by atoms with Gasteiger partial charge in [0.2, 0.25) is 0 Å². The lowest BCUT2D eigenvalue weighted by atomic mass is 9.97. The lowest BCUT2D eigenvalue weighted by Gasteiger charge is -2.09. The van der Waals surface area contributed by atoms with Crippen LogP contribution in [-0.4, -0.2) is 9.99 Å². The fraction of sp³-hybridized carbons (Fsp3) is 0.253. The van der Waals surface area contributed by atoms with E-state index in [1.807, 2.05) is 98.8 Å². The molecule has 83 heavy (non-hydrogen) atoms. The van der Waals surface area contributed by atoms with E-state index in [2.05, 4.69) is 210 Å². The van der Waals surface area contributed by atoms with Crippen molar-refractivity contribution in [2.75, 3.05) is 0 Å². The Morgan fingerprint density at radius 3 is 0.771 bits per heavy atom. The zero-order valence-corrected chi connectivity index (χ0v) is 54.1. The van der Waals surface area contributed by atoms with E-state index >= 15 is 0 Å². The molecule has 10 aromatic carbocycles. The zero-order chi connectivity index (χ0) is 61.0. The van der Waals surface area contributed by atoms with Crippen LogP contribution < -0.4 is 4.74 Å². The Morgan fingerprint density at radius 2 is 0.494 bits per heavy atom. The third-order valence-corrected chi connectivity index (χ3v) is 17.9. The Hall–Kier alpha value is -7.92. The number of rotatable bonds is 7. The van der Waals surface area contributed by atoms with Crippen LogP contribution in [0.25, 0.3) is 21.9 Å². The van der Waals surface area contributed by atoms with Crippen LogP contribution in [-0.2, 0) is 10.8 Å². The summed E-state index contributed by atoms with van der Waals surface area (Å²) < 4.78 is 18.3. The smallest absolute Gasteiger partial charge is 0.193 e. The van der Waals surface area contributed by atoms with Gasteiger partial charge in [-0.2, -0.15) is 0 Å². The van der Waals surface area contributed by atoms with Crippen LogP contribution in [0.15, 0.2) is 180 Å². The Kier molecular flexibility index (Phi) is 22.3. The highest BCUT2D eigenvalue weighted by atomic mass is 32.2. The van der Waals surface area contributed by atoms with Crippen LogP contribution >= 0.6 is 0 Å². The number of ketones is 1. The summed E-state index contributed by atoms with van der Waals surface area (Å²) in [5, 5.41) is 2.72. The van der Waals surface area contributed by atoms with Gasteiger partial charge in [0.15, 0.2) is 5.78 Å². The molecule has 428 valence electrons. The summed E-state index contributed by atoms with van der Waals surface area (Å²) in [6, 6.07) is 58.5. The summed E-state index contributed by atoms with van der Waals surface area (Å²) in [5.74, 6) is 1.90. The van der Waals surface area contributed by atoms with Crippen molar-refractivity contribution in [2.45, 2.75) is 148 Å². The normalized spacial score (nSPS) is 10.6. The van der Waals surface area contributed by atoms with Crippen molar-refractivity contribution in [1.82, 2.24) is 0 Å². The molecule has 0 spiro atoms. The number of aryl methyl sites for hydroxylation is 20. The highest BCUT2D eigenvalue weighted by molar-refractivity contribution is 7.85. The molecule has 4 heteroatoms. The monoisotopic (exact) mass is 1120 g/mol. The van der Waals surface area contributed by atoms with Gasteiger partial charge in [-0.05, 0) is 332 Å². The lowest BCUT2D eigenvalue weighted by Crippen LogP contribution is -2.03. The number of fused-ring (bicyclic) bond motifs is 1. The van der Waals surface area contributed by atoms with Crippen molar-refractivity contribution in [1.29, 1.82) is 0 Å². The van der Waals surface area contributed by atoms with Crippen LogP contribution in [0.3, 0.4) is 0 Å². The van der Waals surface area contributed by atoms with Crippen LogP contribution in [0, 0.1) is 138 Å². The van der Waals surface area contributed by atoms with E-state index in [1.165, 1.54) is 122 Å². The summed E-state index contributed by atoms with van der Waals surface area (Å²) in [6.07, 6.45) is 0. The Balaban J connectivity index is 0.000000167. The first-order chi connectivity index (χ1) is 39.2. The largest absolute Gasteiger partial charge is 0.457 e. The summed E-state index contributed by atoms with van der Waals surface area (Å²) in [7, 11) is -1.08. The van der Waals surface area contributed by atoms with Crippen molar-refractivity contribution in [3.63, 3.8) is 0 Å². The Morgan fingerprint density at radius 1 is 0.253 bits per heavy atom. The second kappa shape index (κ2) is 28.9. The highest BCUT2D eigenvalue weighted by Gasteiger charge is 2.12. The first-order valence-corrected chi connectivity index (χ1v) is 30.1. The lowest BCUT2D eigenvalue weighted by molar-refractivity contribution is 0.103. The molecule has 0 saturated carbocycles. The molecule has 0 N–H and O–H groups in total. The molecular weight excluding hydrogens is 1030 g/mol. The maximum absolute atomic E-state index is 12.5. The van der Waals surface area contributed by atoms with Crippen molar-refractivity contribution in [3.8, 4) is 22.6 Å². The first kappa shape index (κ1) is 64.3. The number of ether oxygens (including phenoxy) is 1.